The van der Waals surface area contributed by atoms with Gasteiger partial charge in [-0.15, -0.1) is 0 Å². The van der Waals surface area contributed by atoms with Gasteiger partial charge >= 0.3 is 0 Å². The van der Waals surface area contributed by atoms with E-state index in [1.807, 2.05) is 37.0 Å². The summed E-state index contributed by atoms with van der Waals surface area (Å²) >= 11 is 0. The predicted octanol–water partition coefficient (Wildman–Crippen LogP) is 3.45. The molecule has 4 aliphatic rings. The van der Waals surface area contributed by atoms with Crippen molar-refractivity contribution in [2.24, 2.45) is 0 Å². The smallest absolute Gasteiger partial charge is 0.249 e. The Morgan fingerprint density at radius 3 is 1.75 bits per heavy atom. The second kappa shape index (κ2) is 9.07. The van der Waals surface area contributed by atoms with Crippen molar-refractivity contribution in [2.75, 3.05) is 0 Å². The molecule has 3 heterocycles. The lowest BCUT2D eigenvalue weighted by atomic mass is 9.89. The Kier molecular flexibility index (Phi) is 5.84. The van der Waals surface area contributed by atoms with Gasteiger partial charge in [0.25, 0.3) is 0 Å². The van der Waals surface area contributed by atoms with E-state index in [1.54, 1.807) is 0 Å². The summed E-state index contributed by atoms with van der Waals surface area (Å²) in [5.41, 5.74) is 3.89. The van der Waals surface area contributed by atoms with Crippen LogP contribution in [0.25, 0.3) is 0 Å². The summed E-state index contributed by atoms with van der Waals surface area (Å²) in [5.74, 6) is -0.0656. The average molecular weight is 431 g/mol. The Hall–Kier alpha value is -3.28. The number of amides is 2. The molecule has 32 heavy (non-hydrogen) atoms. The van der Waals surface area contributed by atoms with Gasteiger partial charge in [-0.05, 0) is 36.8 Å². The summed E-state index contributed by atoms with van der Waals surface area (Å²) in [6.45, 7) is 1.42. The lowest BCUT2D eigenvalue weighted by Gasteiger charge is -2.34. The van der Waals surface area contributed by atoms with Gasteiger partial charge in [-0.2, -0.15) is 0 Å². The lowest BCUT2D eigenvalue weighted by molar-refractivity contribution is -0.121. The molecule has 0 aromatic heterocycles. The third-order valence-electron chi connectivity index (χ3n) is 6.62. The summed E-state index contributed by atoms with van der Waals surface area (Å²) in [6.07, 6.45) is 17.2. The number of hydrogen-bond acceptors (Lipinski definition) is 4. The quantitative estimate of drug-likeness (QED) is 0.662. The van der Waals surface area contributed by atoms with E-state index in [1.165, 1.54) is 11.1 Å². The zero-order valence-corrected chi connectivity index (χ0v) is 18.3. The minimum atomic E-state index is -0.0398. The van der Waals surface area contributed by atoms with E-state index in [-0.39, 0.29) is 23.9 Å². The number of hydrogen-bond donors (Lipinski definition) is 2. The molecule has 1 aliphatic carbocycles. The standard InChI is InChI=1S/C26H30N4O2/c31-25-21-8-4-12-29(17-21)15-19-6-3-7-20(14-19)16-30-13-5-9-22(18-30)26(32)28-24-11-2-1-10-23(24)27-25/h3-7,12-14,17-18,23-24H,1-2,8-11,15-16H2,(H,27,31)(H,28,32)/t23-,24-/m0/s1. The van der Waals surface area contributed by atoms with Crippen LogP contribution in [0.3, 0.4) is 0 Å². The average Bonchev–Trinajstić information content (AvgIpc) is 2.80. The summed E-state index contributed by atoms with van der Waals surface area (Å²) < 4.78 is 0. The molecule has 3 aliphatic heterocycles. The number of carbonyl (C=O) groups is 2. The van der Waals surface area contributed by atoms with Gasteiger partial charge in [0.05, 0.1) is 0 Å². The molecule has 1 aromatic rings. The molecule has 1 saturated carbocycles. The summed E-state index contributed by atoms with van der Waals surface area (Å²) in [6, 6.07) is 8.41. The highest BCUT2D eigenvalue weighted by molar-refractivity contribution is 5.95. The molecule has 166 valence electrons. The number of carbonyl (C=O) groups excluding carboxylic acids is 2. The largest absolute Gasteiger partial charge is 0.350 e. The maximum absolute atomic E-state index is 13.1. The first-order valence-electron chi connectivity index (χ1n) is 11.6. The molecule has 2 atom stereocenters. The molecule has 0 unspecified atom stereocenters. The van der Waals surface area contributed by atoms with Crippen molar-refractivity contribution in [1.29, 1.82) is 0 Å². The molecule has 6 heteroatoms. The third-order valence-corrected chi connectivity index (χ3v) is 6.62. The number of fused-ring (bicyclic) bond motifs is 5. The summed E-state index contributed by atoms with van der Waals surface area (Å²) in [5, 5.41) is 6.45. The van der Waals surface area contributed by atoms with Crippen LogP contribution in [0.1, 0.15) is 49.7 Å². The Bertz CT molecular complexity index is 945. The number of rotatable bonds is 0. The van der Waals surface area contributed by atoms with E-state index in [4.69, 9.17) is 0 Å². The molecule has 0 spiro atoms. The van der Waals surface area contributed by atoms with Gasteiger partial charge in [0.15, 0.2) is 0 Å². The van der Waals surface area contributed by atoms with Crippen molar-refractivity contribution in [2.45, 2.75) is 63.7 Å². The van der Waals surface area contributed by atoms with Gasteiger partial charge in [-0.3, -0.25) is 9.59 Å². The molecule has 2 N–H and O–H groups in total. The second-order valence-corrected chi connectivity index (χ2v) is 9.10. The van der Waals surface area contributed by atoms with Gasteiger partial charge < -0.3 is 20.4 Å². The molecule has 0 saturated heterocycles. The molecule has 0 radical (unpaired) electrons. The Morgan fingerprint density at radius 1 is 0.750 bits per heavy atom. The fourth-order valence-electron chi connectivity index (χ4n) is 4.97. The van der Waals surface area contributed by atoms with E-state index in [2.05, 4.69) is 44.7 Å². The van der Waals surface area contributed by atoms with Crippen LogP contribution < -0.4 is 10.6 Å². The Morgan fingerprint density at radius 2 is 1.25 bits per heavy atom. The summed E-state index contributed by atoms with van der Waals surface area (Å²) in [7, 11) is 0. The van der Waals surface area contributed by atoms with E-state index >= 15 is 0 Å². The predicted molar refractivity (Wildman–Crippen MR) is 124 cm³/mol. The van der Waals surface area contributed by atoms with Gasteiger partial charge in [0.1, 0.15) is 0 Å². The molecule has 1 aromatic carbocycles. The van der Waals surface area contributed by atoms with Gasteiger partial charge in [0.2, 0.25) is 11.8 Å². The molecule has 5 rings (SSSR count). The highest BCUT2D eigenvalue weighted by Crippen LogP contribution is 2.23. The van der Waals surface area contributed by atoms with Crippen LogP contribution in [0.5, 0.6) is 0 Å². The second-order valence-electron chi connectivity index (χ2n) is 9.10. The number of allylic oxidation sites excluding steroid dienone is 2. The number of nitrogens with one attached hydrogen (secondary N) is 2. The molecule has 6 nitrogen and oxygen atoms in total. The number of nitrogens with zero attached hydrogens (tertiary/aromatic N) is 2. The fraction of sp³-hybridized carbons (Fsp3) is 0.385. The van der Waals surface area contributed by atoms with Crippen LogP contribution in [0.4, 0.5) is 0 Å². The zero-order chi connectivity index (χ0) is 21.9. The highest BCUT2D eigenvalue weighted by Gasteiger charge is 2.30. The van der Waals surface area contributed by atoms with Crippen molar-refractivity contribution in [3.8, 4) is 0 Å². The Balaban J connectivity index is 1.47. The van der Waals surface area contributed by atoms with Gasteiger partial charge in [0, 0.05) is 61.1 Å². The van der Waals surface area contributed by atoms with Crippen LogP contribution >= 0.6 is 0 Å². The van der Waals surface area contributed by atoms with E-state index in [0.29, 0.717) is 25.9 Å². The topological polar surface area (TPSA) is 64.7 Å². The number of benzene rings is 1. The molecule has 2 amide bonds. The minimum absolute atomic E-state index is 0.0328. The van der Waals surface area contributed by atoms with Crippen molar-refractivity contribution in [1.82, 2.24) is 20.4 Å². The first-order chi connectivity index (χ1) is 15.6. The first-order valence-corrected chi connectivity index (χ1v) is 11.6. The molecule has 6 bridgehead atoms. The van der Waals surface area contributed by atoms with Crippen molar-refractivity contribution < 1.29 is 9.59 Å². The molecular formula is C26H30N4O2. The highest BCUT2D eigenvalue weighted by atomic mass is 16.2. The fourth-order valence-corrected chi connectivity index (χ4v) is 4.97. The van der Waals surface area contributed by atoms with Gasteiger partial charge in [-0.25, -0.2) is 0 Å². The normalized spacial score (nSPS) is 25.8. The van der Waals surface area contributed by atoms with Crippen LogP contribution in [0.15, 0.2) is 72.4 Å². The maximum Gasteiger partial charge on any atom is 0.249 e. The van der Waals surface area contributed by atoms with Crippen LogP contribution in [0.2, 0.25) is 0 Å². The molecular weight excluding hydrogens is 400 g/mol. The SMILES string of the molecule is O=C1N[C@H]2CCCC[C@@H]2NC(=O)C2=CN(C=CC2)Cc2cccc(c2)CN2C=CCC1=C2. The first kappa shape index (κ1) is 20.6. The monoisotopic (exact) mass is 430 g/mol. The van der Waals surface area contributed by atoms with E-state index < -0.39 is 0 Å². The Labute approximate surface area is 189 Å². The molecule has 1 fully saturated rings. The van der Waals surface area contributed by atoms with Crippen LogP contribution in [-0.2, 0) is 22.7 Å². The maximum atomic E-state index is 13.1. The van der Waals surface area contributed by atoms with Crippen molar-refractivity contribution in [3.05, 3.63) is 83.5 Å². The van der Waals surface area contributed by atoms with Gasteiger partial charge in [-0.1, -0.05) is 49.3 Å². The van der Waals surface area contributed by atoms with Crippen LogP contribution in [-0.4, -0.2) is 33.7 Å². The van der Waals surface area contributed by atoms with E-state index in [0.717, 1.165) is 36.8 Å². The summed E-state index contributed by atoms with van der Waals surface area (Å²) in [4.78, 5) is 30.3. The van der Waals surface area contributed by atoms with Crippen LogP contribution in [0, 0.1) is 0 Å². The third kappa shape index (κ3) is 4.64. The lowest BCUT2D eigenvalue weighted by Crippen LogP contribution is -2.53. The van der Waals surface area contributed by atoms with Crippen molar-refractivity contribution >= 4 is 11.8 Å². The van der Waals surface area contributed by atoms with Crippen molar-refractivity contribution in [3.63, 3.8) is 0 Å². The van der Waals surface area contributed by atoms with E-state index in [9.17, 15) is 9.59 Å². The minimum Gasteiger partial charge on any atom is -0.350 e. The zero-order valence-electron chi connectivity index (χ0n) is 18.3.